The lowest BCUT2D eigenvalue weighted by molar-refractivity contribution is -0.149. The summed E-state index contributed by atoms with van der Waals surface area (Å²) in [6.45, 7) is 4.57. The Kier molecular flexibility index (Phi) is 6.76. The Morgan fingerprint density at radius 2 is 1.67 bits per heavy atom. The highest BCUT2D eigenvalue weighted by atomic mass is 16.5. The number of rotatable bonds is 7. The molecule has 0 heterocycles. The molecule has 1 rings (SSSR count). The van der Waals surface area contributed by atoms with Gasteiger partial charge in [0.2, 0.25) is 0 Å². The van der Waals surface area contributed by atoms with E-state index in [9.17, 15) is 14.4 Å². The molecule has 0 atom stereocenters. The highest BCUT2D eigenvalue weighted by molar-refractivity contribution is 5.96. The normalized spacial score (nSPS) is 10.7. The first-order valence-electron chi connectivity index (χ1n) is 7.38. The molecule has 0 aliphatic rings. The van der Waals surface area contributed by atoms with Crippen molar-refractivity contribution in [3.63, 3.8) is 0 Å². The third kappa shape index (κ3) is 5.57. The Bertz CT molecular complexity index is 618. The van der Waals surface area contributed by atoms with Gasteiger partial charge in [-0.2, -0.15) is 0 Å². The van der Waals surface area contributed by atoms with Gasteiger partial charge in [-0.1, -0.05) is 20.8 Å². The van der Waals surface area contributed by atoms with Crippen LogP contribution in [0.3, 0.4) is 0 Å². The maximum Gasteiger partial charge on any atom is 0.325 e. The number of carbonyl (C=O) groups is 3. The minimum atomic E-state index is -0.679. The van der Waals surface area contributed by atoms with E-state index >= 15 is 0 Å². The van der Waals surface area contributed by atoms with Crippen LogP contribution in [-0.2, 0) is 14.3 Å². The average Bonchev–Trinajstić information content (AvgIpc) is 2.55. The average molecular weight is 337 g/mol. The summed E-state index contributed by atoms with van der Waals surface area (Å²) in [6, 6.07) is 4.64. The van der Waals surface area contributed by atoms with Gasteiger partial charge in [0.15, 0.2) is 23.9 Å². The van der Waals surface area contributed by atoms with Gasteiger partial charge in [-0.15, -0.1) is 0 Å². The third-order valence-corrected chi connectivity index (χ3v) is 3.24. The summed E-state index contributed by atoms with van der Waals surface area (Å²) >= 11 is 0. The second-order valence-electron chi connectivity index (χ2n) is 6.09. The Labute approximate surface area is 141 Å². The number of hydrogen-bond acceptors (Lipinski definition) is 6. The summed E-state index contributed by atoms with van der Waals surface area (Å²) in [6.07, 6.45) is 0. The predicted octanol–water partition coefficient (Wildman–Crippen LogP) is 1.59. The van der Waals surface area contributed by atoms with Crippen LogP contribution in [0.4, 0.5) is 0 Å². The maximum atomic E-state index is 12.0. The highest BCUT2D eigenvalue weighted by Gasteiger charge is 2.22. The Morgan fingerprint density at radius 1 is 1.04 bits per heavy atom. The zero-order valence-electron chi connectivity index (χ0n) is 14.6. The molecule has 1 aromatic rings. The summed E-state index contributed by atoms with van der Waals surface area (Å²) in [5.41, 5.74) is -0.269. The van der Waals surface area contributed by atoms with Gasteiger partial charge in [0.05, 0.1) is 14.2 Å². The van der Waals surface area contributed by atoms with Gasteiger partial charge < -0.3 is 19.5 Å². The molecule has 24 heavy (non-hydrogen) atoms. The van der Waals surface area contributed by atoms with Crippen LogP contribution in [0.5, 0.6) is 11.5 Å². The summed E-state index contributed by atoms with van der Waals surface area (Å²) < 4.78 is 15.1. The number of ether oxygens (including phenoxy) is 3. The molecular formula is C17H23NO6. The van der Waals surface area contributed by atoms with Crippen LogP contribution >= 0.6 is 0 Å². The lowest BCUT2D eigenvalue weighted by Gasteiger charge is -2.16. The summed E-state index contributed by atoms with van der Waals surface area (Å²) in [7, 11) is 2.95. The Morgan fingerprint density at radius 3 is 2.21 bits per heavy atom. The SMILES string of the molecule is COc1ccc(C(=O)NCC(=O)OCC(=O)C(C)(C)C)cc1OC. The van der Waals surface area contributed by atoms with E-state index in [1.54, 1.807) is 32.9 Å². The van der Waals surface area contributed by atoms with E-state index < -0.39 is 17.3 Å². The van der Waals surface area contributed by atoms with E-state index in [0.717, 1.165) is 0 Å². The quantitative estimate of drug-likeness (QED) is 0.760. The third-order valence-electron chi connectivity index (χ3n) is 3.24. The second-order valence-corrected chi connectivity index (χ2v) is 6.09. The van der Waals surface area contributed by atoms with Gasteiger partial charge in [0, 0.05) is 11.0 Å². The molecule has 1 aromatic carbocycles. The minimum Gasteiger partial charge on any atom is -0.493 e. The van der Waals surface area contributed by atoms with Crippen molar-refractivity contribution in [2.45, 2.75) is 20.8 Å². The van der Waals surface area contributed by atoms with Crippen LogP contribution in [0.25, 0.3) is 0 Å². The maximum absolute atomic E-state index is 12.0. The van der Waals surface area contributed by atoms with E-state index in [1.165, 1.54) is 20.3 Å². The number of benzene rings is 1. The van der Waals surface area contributed by atoms with Gasteiger partial charge in [0.1, 0.15) is 6.54 Å². The standard InChI is InChI=1S/C17H23NO6/c1-17(2,3)14(19)10-24-15(20)9-18-16(21)11-6-7-12(22-4)13(8-11)23-5/h6-8H,9-10H2,1-5H3,(H,18,21). The Hall–Kier alpha value is -2.57. The molecule has 1 N–H and O–H groups in total. The number of hydrogen-bond donors (Lipinski definition) is 1. The van der Waals surface area contributed by atoms with Crippen molar-refractivity contribution in [3.8, 4) is 11.5 Å². The molecule has 7 heteroatoms. The van der Waals surface area contributed by atoms with Crippen molar-refractivity contribution < 1.29 is 28.6 Å². The zero-order chi connectivity index (χ0) is 18.3. The van der Waals surface area contributed by atoms with Crippen LogP contribution < -0.4 is 14.8 Å². The molecule has 0 aliphatic heterocycles. The monoisotopic (exact) mass is 337 g/mol. The number of amides is 1. The van der Waals surface area contributed by atoms with Crippen LogP contribution in [0.15, 0.2) is 18.2 Å². The molecule has 0 radical (unpaired) electrons. The first kappa shape index (κ1) is 19.5. The fraction of sp³-hybridized carbons (Fsp3) is 0.471. The summed E-state index contributed by atoms with van der Waals surface area (Å²) in [4.78, 5) is 35.3. The van der Waals surface area contributed by atoms with E-state index in [4.69, 9.17) is 14.2 Å². The van der Waals surface area contributed by atoms with Crippen molar-refractivity contribution in [1.82, 2.24) is 5.32 Å². The van der Waals surface area contributed by atoms with Gasteiger partial charge in [-0.3, -0.25) is 14.4 Å². The molecule has 1 amide bonds. The molecule has 0 aromatic heterocycles. The van der Waals surface area contributed by atoms with Crippen molar-refractivity contribution in [1.29, 1.82) is 0 Å². The number of Topliss-reactive ketones (excluding diaryl/α,β-unsaturated/α-hetero) is 1. The van der Waals surface area contributed by atoms with E-state index in [-0.39, 0.29) is 18.9 Å². The molecule has 0 saturated heterocycles. The van der Waals surface area contributed by atoms with Gasteiger partial charge in [0.25, 0.3) is 5.91 Å². The van der Waals surface area contributed by atoms with Crippen LogP contribution in [0.1, 0.15) is 31.1 Å². The number of methoxy groups -OCH3 is 2. The molecule has 0 bridgehead atoms. The van der Waals surface area contributed by atoms with Crippen molar-refractivity contribution in [3.05, 3.63) is 23.8 Å². The highest BCUT2D eigenvalue weighted by Crippen LogP contribution is 2.27. The summed E-state index contributed by atoms with van der Waals surface area (Å²) in [5.74, 6) is -0.434. The molecule has 132 valence electrons. The molecule has 0 aliphatic carbocycles. The van der Waals surface area contributed by atoms with Crippen molar-refractivity contribution in [2.24, 2.45) is 5.41 Å². The lowest BCUT2D eigenvalue weighted by Crippen LogP contribution is -2.33. The fourth-order valence-corrected chi connectivity index (χ4v) is 1.65. The fourth-order valence-electron chi connectivity index (χ4n) is 1.65. The van der Waals surface area contributed by atoms with Gasteiger partial charge in [-0.05, 0) is 18.2 Å². The molecule has 0 fully saturated rings. The van der Waals surface area contributed by atoms with E-state index in [1.807, 2.05) is 0 Å². The first-order valence-corrected chi connectivity index (χ1v) is 7.38. The van der Waals surface area contributed by atoms with Gasteiger partial charge >= 0.3 is 5.97 Å². The largest absolute Gasteiger partial charge is 0.493 e. The topological polar surface area (TPSA) is 90.9 Å². The first-order chi connectivity index (χ1) is 11.2. The van der Waals surface area contributed by atoms with Crippen LogP contribution in [0.2, 0.25) is 0 Å². The number of esters is 1. The number of ketones is 1. The molecule has 0 saturated carbocycles. The minimum absolute atomic E-state index is 0.193. The van der Waals surface area contributed by atoms with E-state index in [2.05, 4.69) is 5.32 Å². The molecule has 0 unspecified atom stereocenters. The predicted molar refractivity (Wildman–Crippen MR) is 87.3 cm³/mol. The number of carbonyl (C=O) groups excluding carboxylic acids is 3. The van der Waals surface area contributed by atoms with Crippen LogP contribution in [0, 0.1) is 5.41 Å². The second kappa shape index (κ2) is 8.33. The van der Waals surface area contributed by atoms with Crippen LogP contribution in [-0.4, -0.2) is 45.0 Å². The smallest absolute Gasteiger partial charge is 0.325 e. The summed E-state index contributed by atoms with van der Waals surface area (Å²) in [5, 5.41) is 2.43. The van der Waals surface area contributed by atoms with Crippen molar-refractivity contribution in [2.75, 3.05) is 27.4 Å². The molecule has 0 spiro atoms. The molecule has 7 nitrogen and oxygen atoms in total. The Balaban J connectivity index is 2.54. The lowest BCUT2D eigenvalue weighted by atomic mass is 9.91. The van der Waals surface area contributed by atoms with Crippen molar-refractivity contribution >= 4 is 17.7 Å². The molecular weight excluding hydrogens is 314 g/mol. The van der Waals surface area contributed by atoms with Gasteiger partial charge in [-0.25, -0.2) is 0 Å². The number of nitrogens with one attached hydrogen (secondary N) is 1. The zero-order valence-corrected chi connectivity index (χ0v) is 14.6. The van der Waals surface area contributed by atoms with E-state index in [0.29, 0.717) is 17.1 Å².